The summed E-state index contributed by atoms with van der Waals surface area (Å²) in [6.07, 6.45) is 3.53. The number of carbonyl (C=O) groups excluding carboxylic acids is 1. The lowest BCUT2D eigenvalue weighted by atomic mass is 10.3. The van der Waals surface area contributed by atoms with Crippen LogP contribution >= 0.6 is 0 Å². The van der Waals surface area contributed by atoms with Gasteiger partial charge in [0.25, 0.3) is 0 Å². The molecule has 0 aromatic rings. The molecule has 0 amide bonds. The summed E-state index contributed by atoms with van der Waals surface area (Å²) in [5, 5.41) is 0. The van der Waals surface area contributed by atoms with E-state index in [4.69, 9.17) is 4.74 Å². The zero-order valence-electron chi connectivity index (χ0n) is 6.39. The van der Waals surface area contributed by atoms with Crippen molar-refractivity contribution in [1.29, 1.82) is 0 Å². The lowest BCUT2D eigenvalue weighted by Gasteiger charge is -2.00. The van der Waals surface area contributed by atoms with Gasteiger partial charge in [-0.1, -0.05) is 18.7 Å². The molecule has 2 heteroatoms. The molecule has 0 rings (SSSR count). The summed E-state index contributed by atoms with van der Waals surface area (Å²) < 4.78 is 4.71. The number of allylic oxidation sites excluding steroid dienone is 1. The molecule has 2 nitrogen and oxygen atoms in total. The molecule has 0 unspecified atom stereocenters. The summed E-state index contributed by atoms with van der Waals surface area (Å²) in [6, 6.07) is 0. The number of hydrogen-bond donors (Lipinski definition) is 0. The van der Waals surface area contributed by atoms with Crippen LogP contribution in [-0.4, -0.2) is 12.6 Å². The molecule has 0 fully saturated rings. The van der Waals surface area contributed by atoms with Crippen LogP contribution < -0.4 is 0 Å². The number of esters is 1. The van der Waals surface area contributed by atoms with E-state index in [2.05, 4.69) is 6.58 Å². The first-order valence-electron chi connectivity index (χ1n) is 3.11. The van der Waals surface area contributed by atoms with E-state index in [-0.39, 0.29) is 5.97 Å². The Labute approximate surface area is 61.2 Å². The molecule has 0 bridgehead atoms. The van der Waals surface area contributed by atoms with Gasteiger partial charge in [0.15, 0.2) is 0 Å². The molecule has 0 radical (unpaired) electrons. The number of ether oxygens (including phenoxy) is 1. The molecule has 10 heavy (non-hydrogen) atoms. The second-order valence-electron chi connectivity index (χ2n) is 1.85. The molecular formula is C8H12O2. The molecule has 56 valence electrons. The Morgan fingerprint density at radius 1 is 1.70 bits per heavy atom. The topological polar surface area (TPSA) is 26.3 Å². The van der Waals surface area contributed by atoms with Crippen LogP contribution in [0.25, 0.3) is 0 Å². The molecule has 0 aliphatic rings. The normalized spacial score (nSPS) is 10.8. The molecule has 0 heterocycles. The summed E-state index contributed by atoms with van der Waals surface area (Å²) in [5.74, 6) is -0.263. The maximum atomic E-state index is 10.3. The van der Waals surface area contributed by atoms with Crippen LogP contribution in [0.3, 0.4) is 0 Å². The van der Waals surface area contributed by atoms with Gasteiger partial charge < -0.3 is 4.74 Å². The highest BCUT2D eigenvalue weighted by Gasteiger charge is 1.92. The van der Waals surface area contributed by atoms with Gasteiger partial charge in [0, 0.05) is 6.92 Å². The summed E-state index contributed by atoms with van der Waals surface area (Å²) in [6.45, 7) is 7.14. The molecule has 0 atom stereocenters. The van der Waals surface area contributed by atoms with Crippen LogP contribution in [0.5, 0.6) is 0 Å². The molecule has 0 saturated heterocycles. The lowest BCUT2D eigenvalue weighted by molar-refractivity contribution is -0.139. The first-order chi connectivity index (χ1) is 4.70. The number of carbonyl (C=O) groups is 1. The van der Waals surface area contributed by atoms with Crippen molar-refractivity contribution in [1.82, 2.24) is 0 Å². The van der Waals surface area contributed by atoms with Crippen molar-refractivity contribution in [2.45, 2.75) is 13.8 Å². The maximum absolute atomic E-state index is 10.3. The van der Waals surface area contributed by atoms with Gasteiger partial charge in [-0.3, -0.25) is 4.79 Å². The first-order valence-corrected chi connectivity index (χ1v) is 3.11. The first kappa shape index (κ1) is 8.95. The minimum Gasteiger partial charge on any atom is -0.461 e. The lowest BCUT2D eigenvalue weighted by Crippen LogP contribution is -2.01. The minimum atomic E-state index is -0.263. The largest absolute Gasteiger partial charge is 0.461 e. The zero-order valence-corrected chi connectivity index (χ0v) is 6.39. The standard InChI is InChI=1S/C8H12O2/c1-4-8(5-2)6-10-7(3)9/h4-5H,1,6H2,2-3H3/b8-5-. The molecule has 0 spiro atoms. The second-order valence-corrected chi connectivity index (χ2v) is 1.85. The van der Waals surface area contributed by atoms with E-state index in [1.165, 1.54) is 6.92 Å². The van der Waals surface area contributed by atoms with E-state index in [0.717, 1.165) is 5.57 Å². The van der Waals surface area contributed by atoms with Crippen molar-refractivity contribution in [2.75, 3.05) is 6.61 Å². The van der Waals surface area contributed by atoms with Gasteiger partial charge in [-0.2, -0.15) is 0 Å². The van der Waals surface area contributed by atoms with Crippen LogP contribution in [0.1, 0.15) is 13.8 Å². The van der Waals surface area contributed by atoms with Gasteiger partial charge in [-0.15, -0.1) is 0 Å². The van der Waals surface area contributed by atoms with E-state index in [0.29, 0.717) is 6.61 Å². The third-order valence-electron chi connectivity index (χ3n) is 1.08. The highest BCUT2D eigenvalue weighted by molar-refractivity contribution is 5.66. The summed E-state index contributed by atoms with van der Waals surface area (Å²) in [7, 11) is 0. The Bertz CT molecular complexity index is 157. The van der Waals surface area contributed by atoms with Crippen LogP contribution in [0.15, 0.2) is 24.3 Å². The average Bonchev–Trinajstić information content (AvgIpc) is 1.90. The molecule has 0 aromatic heterocycles. The Morgan fingerprint density at radius 2 is 2.30 bits per heavy atom. The van der Waals surface area contributed by atoms with Crippen LogP contribution in [0.2, 0.25) is 0 Å². The highest BCUT2D eigenvalue weighted by Crippen LogP contribution is 1.95. The molecule has 0 aliphatic heterocycles. The van der Waals surface area contributed by atoms with E-state index >= 15 is 0 Å². The number of hydrogen-bond acceptors (Lipinski definition) is 2. The summed E-state index contributed by atoms with van der Waals surface area (Å²) in [5.41, 5.74) is 0.926. The molecule has 0 saturated carbocycles. The highest BCUT2D eigenvalue weighted by atomic mass is 16.5. The Hall–Kier alpha value is -1.05. The van der Waals surface area contributed by atoms with E-state index in [9.17, 15) is 4.79 Å². The monoisotopic (exact) mass is 140 g/mol. The van der Waals surface area contributed by atoms with Gasteiger partial charge in [0.05, 0.1) is 0 Å². The Kier molecular flexibility index (Phi) is 4.29. The van der Waals surface area contributed by atoms with Crippen molar-refractivity contribution in [3.05, 3.63) is 24.3 Å². The fourth-order valence-corrected chi connectivity index (χ4v) is 0.445. The maximum Gasteiger partial charge on any atom is 0.302 e. The molecule has 0 aliphatic carbocycles. The Morgan fingerprint density at radius 3 is 2.60 bits per heavy atom. The predicted octanol–water partition coefficient (Wildman–Crippen LogP) is 1.68. The smallest absolute Gasteiger partial charge is 0.302 e. The molecule has 0 N–H and O–H groups in total. The van der Waals surface area contributed by atoms with Crippen molar-refractivity contribution in [3.63, 3.8) is 0 Å². The fraction of sp³-hybridized carbons (Fsp3) is 0.375. The third kappa shape index (κ3) is 3.89. The van der Waals surface area contributed by atoms with Gasteiger partial charge in [0.2, 0.25) is 0 Å². The van der Waals surface area contributed by atoms with Crippen LogP contribution in [0.4, 0.5) is 0 Å². The van der Waals surface area contributed by atoms with E-state index < -0.39 is 0 Å². The van der Waals surface area contributed by atoms with E-state index in [1.807, 2.05) is 13.0 Å². The van der Waals surface area contributed by atoms with Crippen molar-refractivity contribution in [2.24, 2.45) is 0 Å². The van der Waals surface area contributed by atoms with Crippen molar-refractivity contribution < 1.29 is 9.53 Å². The molecular weight excluding hydrogens is 128 g/mol. The van der Waals surface area contributed by atoms with Gasteiger partial charge in [0.1, 0.15) is 6.61 Å². The van der Waals surface area contributed by atoms with Crippen LogP contribution in [-0.2, 0) is 9.53 Å². The van der Waals surface area contributed by atoms with E-state index in [1.54, 1.807) is 6.08 Å². The second kappa shape index (κ2) is 4.79. The fourth-order valence-electron chi connectivity index (χ4n) is 0.445. The van der Waals surface area contributed by atoms with Gasteiger partial charge in [-0.25, -0.2) is 0 Å². The van der Waals surface area contributed by atoms with Gasteiger partial charge >= 0.3 is 5.97 Å². The van der Waals surface area contributed by atoms with Crippen molar-refractivity contribution >= 4 is 5.97 Å². The SMILES string of the molecule is C=C/C(=C/C)COC(C)=O. The van der Waals surface area contributed by atoms with Crippen LogP contribution in [0, 0.1) is 0 Å². The third-order valence-corrected chi connectivity index (χ3v) is 1.08. The zero-order chi connectivity index (χ0) is 7.98. The average molecular weight is 140 g/mol. The summed E-state index contributed by atoms with van der Waals surface area (Å²) in [4.78, 5) is 10.3. The van der Waals surface area contributed by atoms with Gasteiger partial charge in [-0.05, 0) is 12.5 Å². The Balaban J connectivity index is 3.66. The minimum absolute atomic E-state index is 0.263. The quantitative estimate of drug-likeness (QED) is 0.440. The van der Waals surface area contributed by atoms with Crippen molar-refractivity contribution in [3.8, 4) is 0 Å². The summed E-state index contributed by atoms with van der Waals surface area (Å²) >= 11 is 0. The molecule has 0 aromatic carbocycles. The number of rotatable bonds is 3. The predicted molar refractivity (Wildman–Crippen MR) is 40.6 cm³/mol.